The fourth-order valence-corrected chi connectivity index (χ4v) is 6.09. The molecule has 0 aromatic heterocycles. The van der Waals surface area contributed by atoms with E-state index in [2.05, 4.69) is 0 Å². The Labute approximate surface area is 210 Å². The number of aliphatic hydroxyl groups is 1. The number of amidine groups is 1. The first-order chi connectivity index (χ1) is 16.6. The van der Waals surface area contributed by atoms with Gasteiger partial charge in [-0.2, -0.15) is 0 Å². The summed E-state index contributed by atoms with van der Waals surface area (Å²) in [7, 11) is 1.60. The molecule has 35 heavy (non-hydrogen) atoms. The Morgan fingerprint density at radius 1 is 1.20 bits per heavy atom. The normalized spacial score (nSPS) is 24.2. The number of thioether (sulfide) groups is 1. The topological polar surface area (TPSA) is 71.4 Å². The first-order valence-electron chi connectivity index (χ1n) is 11.9. The van der Waals surface area contributed by atoms with Crippen molar-refractivity contribution in [2.75, 3.05) is 12.9 Å². The second-order valence-electron chi connectivity index (χ2n) is 10.2. The molecule has 2 aromatic carbocycles. The van der Waals surface area contributed by atoms with E-state index >= 15 is 4.39 Å². The van der Waals surface area contributed by atoms with E-state index < -0.39 is 23.3 Å². The lowest BCUT2D eigenvalue weighted by Crippen LogP contribution is -2.49. The molecule has 1 heterocycles. The van der Waals surface area contributed by atoms with Crippen molar-refractivity contribution in [2.24, 2.45) is 10.9 Å². The number of halogens is 1. The summed E-state index contributed by atoms with van der Waals surface area (Å²) in [5.41, 5.74) is -0.285. The Kier molecular flexibility index (Phi) is 7.43. The number of fused-ring (bicyclic) bond motifs is 1. The molecule has 1 amide bonds. The Morgan fingerprint density at radius 3 is 2.57 bits per heavy atom. The van der Waals surface area contributed by atoms with Crippen molar-refractivity contribution in [2.45, 2.75) is 63.8 Å². The number of rotatable bonds is 4. The molecule has 0 spiro atoms. The molecule has 0 radical (unpaired) electrons. The third kappa shape index (κ3) is 5.64. The molecule has 3 atom stereocenters. The molecule has 1 saturated carbocycles. The van der Waals surface area contributed by atoms with Crippen LogP contribution in [0.5, 0.6) is 5.75 Å². The molecule has 0 saturated heterocycles. The SMILES string of the molecule is COc1ccc(CN(C(=O)OC(C)(C)C)C2=N[C@@]3(c4ccccc4F)CC(O)CC[C@H]3CS2)cc1. The molecule has 8 heteroatoms. The van der Waals surface area contributed by atoms with E-state index in [0.717, 1.165) is 17.7 Å². The van der Waals surface area contributed by atoms with Crippen molar-refractivity contribution in [1.29, 1.82) is 0 Å². The Hall–Kier alpha value is -2.58. The summed E-state index contributed by atoms with van der Waals surface area (Å²) in [6.45, 7) is 5.70. The van der Waals surface area contributed by atoms with Crippen LogP contribution in [0.15, 0.2) is 53.5 Å². The third-order valence-corrected chi connectivity index (χ3v) is 7.60. The monoisotopic (exact) mass is 500 g/mol. The highest BCUT2D eigenvalue weighted by Gasteiger charge is 2.49. The van der Waals surface area contributed by atoms with Gasteiger partial charge in [-0.3, -0.25) is 4.90 Å². The van der Waals surface area contributed by atoms with E-state index in [9.17, 15) is 9.90 Å². The predicted molar refractivity (Wildman–Crippen MR) is 136 cm³/mol. The second kappa shape index (κ2) is 10.2. The van der Waals surface area contributed by atoms with E-state index in [1.165, 1.54) is 22.7 Å². The molecular weight excluding hydrogens is 467 g/mol. The van der Waals surface area contributed by atoms with Crippen LogP contribution in [0.25, 0.3) is 0 Å². The molecule has 1 unspecified atom stereocenters. The molecule has 0 bridgehead atoms. The number of aliphatic hydroxyl groups excluding tert-OH is 1. The number of nitrogens with zero attached hydrogens (tertiary/aromatic N) is 2. The minimum Gasteiger partial charge on any atom is -0.497 e. The predicted octanol–water partition coefficient (Wildman–Crippen LogP) is 5.73. The van der Waals surface area contributed by atoms with Gasteiger partial charge in [-0.1, -0.05) is 42.1 Å². The number of methoxy groups -OCH3 is 1. The van der Waals surface area contributed by atoms with Gasteiger partial charge in [-0.05, 0) is 63.3 Å². The zero-order valence-corrected chi connectivity index (χ0v) is 21.5. The summed E-state index contributed by atoms with van der Waals surface area (Å²) < 4.78 is 26.1. The van der Waals surface area contributed by atoms with Crippen molar-refractivity contribution in [3.8, 4) is 5.75 Å². The van der Waals surface area contributed by atoms with Crippen molar-refractivity contribution in [1.82, 2.24) is 4.90 Å². The highest BCUT2D eigenvalue weighted by atomic mass is 32.2. The van der Waals surface area contributed by atoms with Crippen molar-refractivity contribution in [3.63, 3.8) is 0 Å². The maximum Gasteiger partial charge on any atom is 0.416 e. The Morgan fingerprint density at radius 2 is 1.91 bits per heavy atom. The van der Waals surface area contributed by atoms with E-state index in [1.54, 1.807) is 25.3 Å². The maximum absolute atomic E-state index is 15.1. The van der Waals surface area contributed by atoms with E-state index in [1.807, 2.05) is 45.0 Å². The fraction of sp³-hybridized carbons (Fsp3) is 0.481. The molecule has 1 fully saturated rings. The van der Waals surface area contributed by atoms with Crippen LogP contribution in [0, 0.1) is 11.7 Å². The van der Waals surface area contributed by atoms with Crippen molar-refractivity contribution < 1.29 is 23.8 Å². The molecule has 1 N–H and O–H groups in total. The van der Waals surface area contributed by atoms with Crippen LogP contribution in [-0.4, -0.2) is 45.8 Å². The summed E-state index contributed by atoms with van der Waals surface area (Å²) in [6.07, 6.45) is 0.611. The average Bonchev–Trinajstić information content (AvgIpc) is 2.81. The zero-order valence-electron chi connectivity index (χ0n) is 20.7. The van der Waals surface area contributed by atoms with Gasteiger partial charge in [0.2, 0.25) is 0 Å². The van der Waals surface area contributed by atoms with Crippen LogP contribution in [-0.2, 0) is 16.8 Å². The lowest BCUT2D eigenvalue weighted by Gasteiger charge is -2.47. The largest absolute Gasteiger partial charge is 0.497 e. The molecule has 6 nitrogen and oxygen atoms in total. The number of hydrogen-bond acceptors (Lipinski definition) is 6. The number of ether oxygens (including phenoxy) is 2. The molecule has 1 aliphatic carbocycles. The Bertz CT molecular complexity index is 1090. The van der Waals surface area contributed by atoms with Crippen LogP contribution in [0.2, 0.25) is 0 Å². The fourth-order valence-electron chi connectivity index (χ4n) is 4.78. The highest BCUT2D eigenvalue weighted by Crippen LogP contribution is 2.50. The molecule has 2 aromatic rings. The van der Waals surface area contributed by atoms with Gasteiger partial charge in [0.05, 0.1) is 25.3 Å². The number of amides is 1. The summed E-state index contributed by atoms with van der Waals surface area (Å²) in [5, 5.41) is 11.1. The Balaban J connectivity index is 1.78. The lowest BCUT2D eigenvalue weighted by molar-refractivity contribution is 0.0351. The van der Waals surface area contributed by atoms with Crippen molar-refractivity contribution in [3.05, 3.63) is 65.5 Å². The second-order valence-corrected chi connectivity index (χ2v) is 11.1. The third-order valence-electron chi connectivity index (χ3n) is 6.46. The first-order valence-corrected chi connectivity index (χ1v) is 12.9. The smallest absolute Gasteiger partial charge is 0.416 e. The number of carbonyl (C=O) groups excluding carboxylic acids is 1. The molecule has 2 aliphatic rings. The number of hydrogen-bond donors (Lipinski definition) is 1. The number of aliphatic imine (C=N–C) groups is 1. The summed E-state index contributed by atoms with van der Waals surface area (Å²) in [4.78, 5) is 20.0. The van der Waals surface area contributed by atoms with E-state index in [-0.39, 0.29) is 18.3 Å². The van der Waals surface area contributed by atoms with Gasteiger partial charge in [-0.15, -0.1) is 0 Å². The van der Waals surface area contributed by atoms with Gasteiger partial charge < -0.3 is 14.6 Å². The maximum atomic E-state index is 15.1. The quantitative estimate of drug-likeness (QED) is 0.581. The van der Waals surface area contributed by atoms with Crippen LogP contribution in [0.4, 0.5) is 9.18 Å². The summed E-state index contributed by atoms with van der Waals surface area (Å²) in [5.74, 6) is 1.10. The van der Waals surface area contributed by atoms with Gasteiger partial charge in [0.15, 0.2) is 5.17 Å². The van der Waals surface area contributed by atoms with Gasteiger partial charge in [-0.25, -0.2) is 14.2 Å². The van der Waals surface area contributed by atoms with Crippen LogP contribution < -0.4 is 4.74 Å². The first kappa shape index (κ1) is 25.5. The number of carbonyl (C=O) groups is 1. The molecule has 1 aliphatic heterocycles. The summed E-state index contributed by atoms with van der Waals surface area (Å²) in [6, 6.07) is 14.1. The van der Waals surface area contributed by atoms with Crippen LogP contribution in [0.1, 0.15) is 51.2 Å². The van der Waals surface area contributed by atoms with Crippen LogP contribution in [0.3, 0.4) is 0 Å². The van der Waals surface area contributed by atoms with Crippen molar-refractivity contribution >= 4 is 23.0 Å². The molecular formula is C27H33FN2O4S. The van der Waals surface area contributed by atoms with Gasteiger partial charge >= 0.3 is 6.09 Å². The van der Waals surface area contributed by atoms with Gasteiger partial charge in [0, 0.05) is 17.7 Å². The minimum absolute atomic E-state index is 0.0537. The average molecular weight is 501 g/mol. The summed E-state index contributed by atoms with van der Waals surface area (Å²) >= 11 is 1.48. The van der Waals surface area contributed by atoms with Gasteiger partial charge in [0.1, 0.15) is 17.2 Å². The van der Waals surface area contributed by atoms with Gasteiger partial charge in [0.25, 0.3) is 0 Å². The molecule has 188 valence electrons. The zero-order chi connectivity index (χ0) is 25.2. The standard InChI is InChI=1S/C27H33FN2O4S/c1-26(2,3)34-25(32)30(16-18-9-13-21(33-4)14-10-18)24-29-27(22-7-5-6-8-23(22)28)15-20(31)12-11-19(27)17-35-24/h5-10,13-14,19-20,31H,11-12,15-17H2,1-4H3/t19-,20?,27-/m0/s1. The van der Waals surface area contributed by atoms with Crippen LogP contribution >= 0.6 is 11.8 Å². The molecule has 4 rings (SSSR count). The highest BCUT2D eigenvalue weighted by molar-refractivity contribution is 8.13. The van der Waals surface area contributed by atoms with E-state index in [0.29, 0.717) is 29.3 Å². The van der Waals surface area contributed by atoms with E-state index in [4.69, 9.17) is 14.5 Å². The lowest BCUT2D eigenvalue weighted by atomic mass is 9.68. The minimum atomic E-state index is -0.941. The number of benzene rings is 2.